The van der Waals surface area contributed by atoms with Crippen LogP contribution in [0.4, 0.5) is 10.8 Å². The fraction of sp³-hybridized carbons (Fsp3) is 0.273. The Morgan fingerprint density at radius 1 is 1.39 bits per heavy atom. The van der Waals surface area contributed by atoms with Crippen molar-refractivity contribution < 1.29 is 5.11 Å². The number of phenolic OH excluding ortho intramolecular Hbond substituents is 1. The van der Waals surface area contributed by atoms with E-state index in [-0.39, 0.29) is 5.75 Å². The first-order valence-corrected chi connectivity index (χ1v) is 7.07. The second kappa shape index (κ2) is 5.45. The normalized spacial score (nSPS) is 10.6. The molecule has 0 aliphatic heterocycles. The zero-order chi connectivity index (χ0) is 13.1. The van der Waals surface area contributed by atoms with Crippen LogP contribution in [0.2, 0.25) is 0 Å². The molecule has 2 aromatic rings. The second-order valence-corrected chi connectivity index (χ2v) is 6.10. The third kappa shape index (κ3) is 3.05. The van der Waals surface area contributed by atoms with Crippen LogP contribution >= 0.6 is 23.1 Å². The van der Waals surface area contributed by atoms with Crippen LogP contribution in [0, 0.1) is 0 Å². The molecule has 0 spiro atoms. The highest BCUT2D eigenvalue weighted by molar-refractivity contribution is 8.00. The highest BCUT2D eigenvalue weighted by Gasteiger charge is 2.08. The second-order valence-electron chi connectivity index (χ2n) is 3.92. The van der Waals surface area contributed by atoms with Gasteiger partial charge in [-0.15, -0.1) is 10.2 Å². The monoisotopic (exact) mass is 282 g/mol. The number of rotatable bonds is 4. The summed E-state index contributed by atoms with van der Waals surface area (Å²) in [5.74, 6) is 0.882. The molecule has 0 amide bonds. The quantitative estimate of drug-likeness (QED) is 0.508. The van der Waals surface area contributed by atoms with Gasteiger partial charge in [0, 0.05) is 31.1 Å². The molecule has 18 heavy (non-hydrogen) atoms. The minimum Gasteiger partial charge on any atom is -0.508 e. The van der Waals surface area contributed by atoms with Crippen LogP contribution in [0.1, 0.15) is 5.56 Å². The van der Waals surface area contributed by atoms with E-state index in [1.54, 1.807) is 18.2 Å². The maximum absolute atomic E-state index is 9.70. The largest absolute Gasteiger partial charge is 0.508 e. The predicted molar refractivity (Wildman–Crippen MR) is 76.3 cm³/mol. The molecule has 0 fully saturated rings. The number of nitrogens with two attached hydrogens (primary N) is 1. The van der Waals surface area contributed by atoms with Crippen molar-refractivity contribution >= 4 is 33.9 Å². The van der Waals surface area contributed by atoms with E-state index in [0.29, 0.717) is 11.4 Å². The summed E-state index contributed by atoms with van der Waals surface area (Å²) in [5.41, 5.74) is 7.14. The van der Waals surface area contributed by atoms with E-state index in [1.165, 1.54) is 23.1 Å². The number of anilines is 2. The average molecular weight is 282 g/mol. The Hall–Kier alpha value is -1.47. The number of nitrogen functional groups attached to an aromatic ring is 1. The zero-order valence-electron chi connectivity index (χ0n) is 10.1. The maximum atomic E-state index is 9.70. The van der Waals surface area contributed by atoms with Crippen LogP contribution in [0.25, 0.3) is 0 Å². The lowest BCUT2D eigenvalue weighted by Gasteiger charge is -2.04. The molecule has 0 aliphatic rings. The molecule has 0 unspecified atom stereocenters. The van der Waals surface area contributed by atoms with Gasteiger partial charge in [-0.25, -0.2) is 0 Å². The van der Waals surface area contributed by atoms with Crippen LogP contribution in [0.15, 0.2) is 22.5 Å². The molecule has 2 rings (SSSR count). The van der Waals surface area contributed by atoms with Crippen molar-refractivity contribution in [1.29, 1.82) is 0 Å². The lowest BCUT2D eigenvalue weighted by atomic mass is 10.2. The van der Waals surface area contributed by atoms with Gasteiger partial charge in [0.15, 0.2) is 4.34 Å². The van der Waals surface area contributed by atoms with Crippen molar-refractivity contribution in [2.75, 3.05) is 24.7 Å². The first-order valence-electron chi connectivity index (χ1n) is 5.27. The van der Waals surface area contributed by atoms with Gasteiger partial charge in [-0.3, -0.25) is 0 Å². The molecule has 0 saturated carbocycles. The first-order chi connectivity index (χ1) is 8.56. The molecule has 3 N–H and O–H groups in total. The van der Waals surface area contributed by atoms with E-state index in [4.69, 9.17) is 5.73 Å². The van der Waals surface area contributed by atoms with Gasteiger partial charge in [0.1, 0.15) is 5.75 Å². The van der Waals surface area contributed by atoms with E-state index < -0.39 is 0 Å². The van der Waals surface area contributed by atoms with Crippen molar-refractivity contribution in [2.24, 2.45) is 0 Å². The average Bonchev–Trinajstić information content (AvgIpc) is 2.79. The molecular formula is C11H14N4OS2. The Morgan fingerprint density at radius 3 is 2.83 bits per heavy atom. The van der Waals surface area contributed by atoms with Crippen molar-refractivity contribution in [3.8, 4) is 5.75 Å². The highest BCUT2D eigenvalue weighted by Crippen LogP contribution is 2.32. The molecule has 0 aliphatic carbocycles. The summed E-state index contributed by atoms with van der Waals surface area (Å²) in [4.78, 5) is 1.92. The third-order valence-electron chi connectivity index (χ3n) is 2.23. The predicted octanol–water partition coefficient (Wildman–Crippen LogP) is 2.18. The molecule has 0 saturated heterocycles. The fourth-order valence-corrected chi connectivity index (χ4v) is 3.05. The van der Waals surface area contributed by atoms with Gasteiger partial charge >= 0.3 is 0 Å². The van der Waals surface area contributed by atoms with Gasteiger partial charge in [-0.2, -0.15) is 0 Å². The third-order valence-corrected chi connectivity index (χ3v) is 4.51. The van der Waals surface area contributed by atoms with Crippen LogP contribution < -0.4 is 10.6 Å². The highest BCUT2D eigenvalue weighted by atomic mass is 32.2. The Balaban J connectivity index is 2.04. The van der Waals surface area contributed by atoms with Crippen molar-refractivity contribution in [3.63, 3.8) is 0 Å². The molecule has 1 aromatic heterocycles. The summed E-state index contributed by atoms with van der Waals surface area (Å²) in [6.07, 6.45) is 0. The lowest BCUT2D eigenvalue weighted by molar-refractivity contribution is 0.471. The number of aromatic nitrogens is 2. The Labute approximate surface area is 114 Å². The van der Waals surface area contributed by atoms with Gasteiger partial charge in [0.25, 0.3) is 0 Å². The number of thioether (sulfide) groups is 1. The molecule has 0 bridgehead atoms. The molecular weight excluding hydrogens is 268 g/mol. The standard InChI is InChI=1S/C11H14N4OS2/c1-15(2)10-13-14-11(18-10)17-6-7-5-8(12)3-4-9(7)16/h3-5,16H,6,12H2,1-2H3. The SMILES string of the molecule is CN(C)c1nnc(SCc2cc(N)ccc2O)s1. The topological polar surface area (TPSA) is 75.3 Å². The number of hydrogen-bond acceptors (Lipinski definition) is 7. The minimum atomic E-state index is 0.258. The molecule has 1 heterocycles. The van der Waals surface area contributed by atoms with Crippen LogP contribution in [-0.2, 0) is 5.75 Å². The van der Waals surface area contributed by atoms with Crippen LogP contribution in [-0.4, -0.2) is 29.4 Å². The lowest BCUT2D eigenvalue weighted by Crippen LogP contribution is -2.07. The van der Waals surface area contributed by atoms with E-state index >= 15 is 0 Å². The zero-order valence-corrected chi connectivity index (χ0v) is 11.8. The maximum Gasteiger partial charge on any atom is 0.208 e. The Bertz CT molecular complexity index is 542. The summed E-state index contributed by atoms with van der Waals surface area (Å²) < 4.78 is 0.875. The molecule has 1 aromatic carbocycles. The van der Waals surface area contributed by atoms with E-state index in [9.17, 15) is 5.11 Å². The number of hydrogen-bond donors (Lipinski definition) is 2. The molecule has 96 valence electrons. The summed E-state index contributed by atoms with van der Waals surface area (Å²) in [5, 5.41) is 18.7. The molecule has 7 heteroatoms. The molecule has 0 radical (unpaired) electrons. The number of phenols is 1. The number of benzene rings is 1. The van der Waals surface area contributed by atoms with Gasteiger partial charge < -0.3 is 15.7 Å². The van der Waals surface area contributed by atoms with Gasteiger partial charge in [-0.05, 0) is 18.2 Å². The van der Waals surface area contributed by atoms with Gasteiger partial charge in [0.2, 0.25) is 5.13 Å². The van der Waals surface area contributed by atoms with E-state index in [2.05, 4.69) is 10.2 Å². The van der Waals surface area contributed by atoms with Crippen molar-refractivity contribution in [1.82, 2.24) is 10.2 Å². The number of nitrogens with zero attached hydrogens (tertiary/aromatic N) is 3. The summed E-state index contributed by atoms with van der Waals surface area (Å²) in [6.45, 7) is 0. The fourth-order valence-electron chi connectivity index (χ4n) is 1.30. The Morgan fingerprint density at radius 2 is 2.17 bits per heavy atom. The summed E-state index contributed by atoms with van der Waals surface area (Å²) in [7, 11) is 3.86. The van der Waals surface area contributed by atoms with Crippen molar-refractivity contribution in [3.05, 3.63) is 23.8 Å². The van der Waals surface area contributed by atoms with E-state index in [0.717, 1.165) is 15.0 Å². The Kier molecular flexibility index (Phi) is 3.93. The van der Waals surface area contributed by atoms with Gasteiger partial charge in [-0.1, -0.05) is 23.1 Å². The molecule has 5 nitrogen and oxygen atoms in total. The number of aromatic hydroxyl groups is 1. The van der Waals surface area contributed by atoms with Gasteiger partial charge in [0.05, 0.1) is 0 Å². The minimum absolute atomic E-state index is 0.258. The van der Waals surface area contributed by atoms with Crippen LogP contribution in [0.3, 0.4) is 0 Å². The van der Waals surface area contributed by atoms with E-state index in [1.807, 2.05) is 19.0 Å². The van der Waals surface area contributed by atoms with Crippen molar-refractivity contribution in [2.45, 2.75) is 10.1 Å². The first kappa shape index (κ1) is 13.0. The summed E-state index contributed by atoms with van der Waals surface area (Å²) >= 11 is 3.06. The van der Waals surface area contributed by atoms with Crippen LogP contribution in [0.5, 0.6) is 5.75 Å². The summed E-state index contributed by atoms with van der Waals surface area (Å²) in [6, 6.07) is 5.06. The molecule has 0 atom stereocenters. The smallest absolute Gasteiger partial charge is 0.208 e.